The first-order valence-electron chi connectivity index (χ1n) is 9.30. The molecule has 0 aromatic heterocycles. The van der Waals surface area contributed by atoms with Crippen LogP contribution in [0.3, 0.4) is 0 Å². The fraction of sp³-hybridized carbons (Fsp3) is 0.300. The van der Waals surface area contributed by atoms with Gasteiger partial charge in [-0.15, -0.1) is 0 Å². The van der Waals surface area contributed by atoms with Gasteiger partial charge < -0.3 is 39.6 Å². The smallest absolute Gasteiger partial charge is 0.726 e. The molecule has 0 radical (unpaired) electrons. The zero-order valence-electron chi connectivity index (χ0n) is 17.4. The van der Waals surface area contributed by atoms with Crippen LogP contribution in [0.25, 0.3) is 12.2 Å². The van der Waals surface area contributed by atoms with Crippen LogP contribution >= 0.6 is 0 Å². The first-order valence-corrected chi connectivity index (χ1v) is 10.6. The molecule has 0 saturated carbocycles. The molecule has 1 aliphatic rings. The number of aromatic hydroxyl groups is 2. The van der Waals surface area contributed by atoms with Crippen molar-refractivity contribution in [2.75, 3.05) is 6.61 Å². The van der Waals surface area contributed by atoms with Crippen molar-refractivity contribution >= 4 is 22.6 Å². The van der Waals surface area contributed by atoms with Crippen molar-refractivity contribution in [3.05, 3.63) is 53.6 Å². The first kappa shape index (κ1) is 27.5. The fourth-order valence-electron chi connectivity index (χ4n) is 3.09. The van der Waals surface area contributed by atoms with Crippen molar-refractivity contribution in [1.29, 1.82) is 0 Å². The molecule has 0 spiro atoms. The van der Waals surface area contributed by atoms with E-state index < -0.39 is 47.7 Å². The summed E-state index contributed by atoms with van der Waals surface area (Å²) in [4.78, 5) is 0. The van der Waals surface area contributed by atoms with Gasteiger partial charge in [-0.2, -0.15) is 0 Å². The van der Waals surface area contributed by atoms with Gasteiger partial charge in [0.15, 0.2) is 0 Å². The Kier molecular flexibility index (Phi) is 9.70. The van der Waals surface area contributed by atoms with Gasteiger partial charge in [-0.05, 0) is 35.4 Å². The molecule has 1 fully saturated rings. The van der Waals surface area contributed by atoms with E-state index in [4.69, 9.17) is 9.47 Å². The van der Waals surface area contributed by atoms with Crippen LogP contribution in [0.1, 0.15) is 11.1 Å². The predicted octanol–water partition coefficient (Wildman–Crippen LogP) is -3.06. The predicted molar refractivity (Wildman–Crippen MR) is 108 cm³/mol. The maximum Gasteiger partial charge on any atom is 1.00 e. The SMILES string of the molecule is O=S(=O)([O-])O[C@H]1[C@H](O)[C@@H](O)[C@H](Oc2cc(O)cc(/C=C\c3ccc(O)cc3)c2)O[C@@H]1CO.[Na+]. The molecule has 11 nitrogen and oxygen atoms in total. The topological polar surface area (TPSA) is 186 Å². The van der Waals surface area contributed by atoms with Crippen LogP contribution in [0.5, 0.6) is 17.2 Å². The average molecular weight is 492 g/mol. The summed E-state index contributed by atoms with van der Waals surface area (Å²) in [5, 5.41) is 49.1. The zero-order valence-corrected chi connectivity index (χ0v) is 20.2. The van der Waals surface area contributed by atoms with Crippen molar-refractivity contribution in [3.8, 4) is 17.2 Å². The van der Waals surface area contributed by atoms with Crippen LogP contribution in [0.2, 0.25) is 0 Å². The third-order valence-corrected chi connectivity index (χ3v) is 5.03. The van der Waals surface area contributed by atoms with Gasteiger partial charge in [0.05, 0.1) is 6.61 Å². The molecule has 5 N–H and O–H groups in total. The number of hydrogen-bond donors (Lipinski definition) is 5. The molecule has 174 valence electrons. The molecule has 3 rings (SSSR count). The van der Waals surface area contributed by atoms with E-state index in [0.717, 1.165) is 5.56 Å². The largest absolute Gasteiger partial charge is 1.00 e. The van der Waals surface area contributed by atoms with Crippen molar-refractivity contribution in [3.63, 3.8) is 0 Å². The number of phenols is 2. The molecular weight excluding hydrogens is 471 g/mol. The minimum Gasteiger partial charge on any atom is -0.726 e. The molecule has 0 unspecified atom stereocenters. The molecule has 1 aliphatic heterocycles. The fourth-order valence-corrected chi connectivity index (χ4v) is 3.60. The van der Waals surface area contributed by atoms with E-state index in [0.29, 0.717) is 5.56 Å². The Labute approximate surface area is 211 Å². The Morgan fingerprint density at radius 3 is 2.21 bits per heavy atom. The van der Waals surface area contributed by atoms with Crippen molar-refractivity contribution in [2.45, 2.75) is 30.7 Å². The molecule has 0 bridgehead atoms. The number of phenolic OH excluding ortho intramolecular Hbond substituents is 2. The van der Waals surface area contributed by atoms with Crippen LogP contribution in [-0.2, 0) is 19.3 Å². The van der Waals surface area contributed by atoms with Gasteiger partial charge in [0.1, 0.15) is 41.7 Å². The maximum absolute atomic E-state index is 10.9. The third kappa shape index (κ3) is 7.65. The standard InChI is InChI=1S/C20H22O11S.Na/c21-10-16-19(31-32(26,27)28)17(24)18(25)20(30-16)29-15-8-12(7-14(23)9-15)2-1-11-3-5-13(22)6-4-11;/h1-9,16-25H,10H2,(H,26,27,28);/q;+1/p-1/b2-1-;/t16-,17-,18-,19-,20-;/m1./s1. The van der Waals surface area contributed by atoms with Crippen molar-refractivity contribution in [1.82, 2.24) is 0 Å². The van der Waals surface area contributed by atoms with E-state index in [2.05, 4.69) is 4.18 Å². The Morgan fingerprint density at radius 1 is 0.970 bits per heavy atom. The second kappa shape index (κ2) is 11.6. The minimum absolute atomic E-state index is 0. The number of aliphatic hydroxyl groups is 3. The van der Waals surface area contributed by atoms with Gasteiger partial charge in [-0.1, -0.05) is 24.3 Å². The number of rotatable bonds is 7. The zero-order chi connectivity index (χ0) is 23.5. The number of ether oxygens (including phenoxy) is 2. The Bertz CT molecular complexity index is 1060. The van der Waals surface area contributed by atoms with Crippen LogP contribution in [0.15, 0.2) is 42.5 Å². The molecular formula is C20H21NaO11S. The quantitative estimate of drug-likeness (QED) is 0.114. The minimum atomic E-state index is -5.25. The Morgan fingerprint density at radius 2 is 1.61 bits per heavy atom. The summed E-state index contributed by atoms with van der Waals surface area (Å²) >= 11 is 0. The van der Waals surface area contributed by atoms with E-state index in [1.165, 1.54) is 30.3 Å². The molecule has 2 aromatic rings. The van der Waals surface area contributed by atoms with Crippen LogP contribution in [-0.4, -0.2) is 75.8 Å². The molecule has 5 atom stereocenters. The van der Waals surface area contributed by atoms with Crippen LogP contribution < -0.4 is 34.3 Å². The average Bonchev–Trinajstić information content (AvgIpc) is 2.72. The molecule has 2 aromatic carbocycles. The number of benzene rings is 2. The van der Waals surface area contributed by atoms with Gasteiger partial charge >= 0.3 is 29.6 Å². The van der Waals surface area contributed by atoms with E-state index >= 15 is 0 Å². The molecule has 0 amide bonds. The molecule has 1 heterocycles. The number of hydrogen-bond acceptors (Lipinski definition) is 11. The molecule has 13 heteroatoms. The second-order valence-electron chi connectivity index (χ2n) is 6.98. The van der Waals surface area contributed by atoms with Crippen molar-refractivity contribution < 1.29 is 81.7 Å². The summed E-state index contributed by atoms with van der Waals surface area (Å²) in [5.74, 6) is -0.0414. The summed E-state index contributed by atoms with van der Waals surface area (Å²) in [6.07, 6.45) is -5.33. The summed E-state index contributed by atoms with van der Waals surface area (Å²) in [6.45, 7) is -0.843. The summed E-state index contributed by atoms with van der Waals surface area (Å²) < 4.78 is 47.5. The monoisotopic (exact) mass is 492 g/mol. The number of aliphatic hydroxyl groups excluding tert-OH is 3. The summed E-state index contributed by atoms with van der Waals surface area (Å²) in [6, 6.07) is 10.5. The Balaban J connectivity index is 0.00000385. The van der Waals surface area contributed by atoms with Gasteiger partial charge in [0, 0.05) is 6.07 Å². The van der Waals surface area contributed by atoms with Gasteiger partial charge in [0.2, 0.25) is 16.7 Å². The first-order chi connectivity index (χ1) is 15.1. The second-order valence-corrected chi connectivity index (χ2v) is 7.99. The van der Waals surface area contributed by atoms with E-state index in [1.54, 1.807) is 24.3 Å². The third-order valence-electron chi connectivity index (χ3n) is 4.58. The maximum atomic E-state index is 10.9. The van der Waals surface area contributed by atoms with Gasteiger partial charge in [-0.25, -0.2) is 8.42 Å². The summed E-state index contributed by atoms with van der Waals surface area (Å²) in [7, 11) is -5.25. The van der Waals surface area contributed by atoms with Gasteiger partial charge in [0.25, 0.3) is 0 Å². The van der Waals surface area contributed by atoms with E-state index in [9.17, 15) is 38.5 Å². The van der Waals surface area contributed by atoms with E-state index in [1.807, 2.05) is 0 Å². The molecule has 0 aliphatic carbocycles. The summed E-state index contributed by atoms with van der Waals surface area (Å²) in [5.41, 5.74) is 1.27. The van der Waals surface area contributed by atoms with Gasteiger partial charge in [-0.3, -0.25) is 4.18 Å². The molecule has 1 saturated heterocycles. The van der Waals surface area contributed by atoms with Crippen LogP contribution in [0.4, 0.5) is 0 Å². The molecule has 33 heavy (non-hydrogen) atoms. The Hall–Kier alpha value is -1.71. The normalized spacial score (nSPS) is 25.5. The van der Waals surface area contributed by atoms with E-state index in [-0.39, 0.29) is 46.8 Å². The van der Waals surface area contributed by atoms with Crippen molar-refractivity contribution in [2.24, 2.45) is 0 Å². The van der Waals surface area contributed by atoms with Crippen LogP contribution in [0, 0.1) is 0 Å².